The lowest BCUT2D eigenvalue weighted by Gasteiger charge is -2.11. The molecule has 3 N–H and O–H groups in total. The van der Waals surface area contributed by atoms with Crippen molar-refractivity contribution < 1.29 is 0 Å². The minimum atomic E-state index is 0.635. The molecule has 96 valence electrons. The van der Waals surface area contributed by atoms with Gasteiger partial charge < -0.3 is 15.6 Å². The number of nitrogens with one attached hydrogen (secondary N) is 1. The minimum absolute atomic E-state index is 0.635. The van der Waals surface area contributed by atoms with Crippen LogP contribution in [-0.2, 0) is 13.1 Å². The van der Waals surface area contributed by atoms with Gasteiger partial charge in [0.15, 0.2) is 5.82 Å². The molecule has 2 rings (SSSR count). The molecule has 0 radical (unpaired) electrons. The molecule has 0 aliphatic heterocycles. The Hall–Kier alpha value is -1.56. The van der Waals surface area contributed by atoms with Gasteiger partial charge in [0.2, 0.25) is 0 Å². The highest BCUT2D eigenvalue weighted by Crippen LogP contribution is 2.27. The standard InChI is InChI=1S/C12H16BrN5/c1-3-18-7-16-17-12(18)6-15-11-4-8(2)10(14)5-9(11)13/h4-5,7,15H,3,6,14H2,1-2H3. The molecular weight excluding hydrogens is 294 g/mol. The lowest BCUT2D eigenvalue weighted by Crippen LogP contribution is -2.08. The normalized spacial score (nSPS) is 10.6. The van der Waals surface area contributed by atoms with Crippen LogP contribution < -0.4 is 11.1 Å². The number of aryl methyl sites for hydroxylation is 2. The van der Waals surface area contributed by atoms with E-state index in [4.69, 9.17) is 5.73 Å². The summed E-state index contributed by atoms with van der Waals surface area (Å²) in [5.74, 6) is 0.916. The van der Waals surface area contributed by atoms with Gasteiger partial charge in [-0.3, -0.25) is 0 Å². The van der Waals surface area contributed by atoms with E-state index in [9.17, 15) is 0 Å². The van der Waals surface area contributed by atoms with E-state index in [0.29, 0.717) is 6.54 Å². The van der Waals surface area contributed by atoms with E-state index in [1.54, 1.807) is 6.33 Å². The van der Waals surface area contributed by atoms with Crippen molar-refractivity contribution in [1.82, 2.24) is 14.8 Å². The number of rotatable bonds is 4. The van der Waals surface area contributed by atoms with E-state index < -0.39 is 0 Å². The van der Waals surface area contributed by atoms with Crippen LogP contribution in [0.3, 0.4) is 0 Å². The predicted octanol–water partition coefficient (Wildman–Crippen LogP) is 2.56. The third-order valence-corrected chi connectivity index (χ3v) is 3.49. The van der Waals surface area contributed by atoms with Crippen LogP contribution in [0.2, 0.25) is 0 Å². The second-order valence-electron chi connectivity index (χ2n) is 4.08. The number of anilines is 2. The van der Waals surface area contributed by atoms with Gasteiger partial charge in [0, 0.05) is 22.4 Å². The summed E-state index contributed by atoms with van der Waals surface area (Å²) in [5, 5.41) is 11.3. The average molecular weight is 310 g/mol. The Balaban J connectivity index is 2.13. The number of nitrogen functional groups attached to an aromatic ring is 1. The summed E-state index contributed by atoms with van der Waals surface area (Å²) in [6, 6.07) is 3.92. The maximum Gasteiger partial charge on any atom is 0.152 e. The van der Waals surface area contributed by atoms with Crippen molar-refractivity contribution in [2.75, 3.05) is 11.1 Å². The maximum absolute atomic E-state index is 5.84. The fourth-order valence-electron chi connectivity index (χ4n) is 1.69. The van der Waals surface area contributed by atoms with Crippen molar-refractivity contribution in [2.45, 2.75) is 26.9 Å². The molecule has 1 heterocycles. The van der Waals surface area contributed by atoms with Crippen LogP contribution in [0.1, 0.15) is 18.3 Å². The number of hydrogen-bond donors (Lipinski definition) is 2. The third-order valence-electron chi connectivity index (χ3n) is 2.83. The van der Waals surface area contributed by atoms with Crippen LogP contribution in [-0.4, -0.2) is 14.8 Å². The Morgan fingerprint density at radius 3 is 2.94 bits per heavy atom. The van der Waals surface area contributed by atoms with Gasteiger partial charge >= 0.3 is 0 Å². The largest absolute Gasteiger partial charge is 0.398 e. The molecule has 0 fully saturated rings. The number of halogens is 1. The molecule has 0 aliphatic rings. The van der Waals surface area contributed by atoms with E-state index >= 15 is 0 Å². The van der Waals surface area contributed by atoms with E-state index in [0.717, 1.165) is 33.8 Å². The predicted molar refractivity (Wildman–Crippen MR) is 76.3 cm³/mol. The van der Waals surface area contributed by atoms with Gasteiger partial charge in [-0.25, -0.2) is 0 Å². The highest BCUT2D eigenvalue weighted by atomic mass is 79.9. The molecule has 0 amide bonds. The highest BCUT2D eigenvalue weighted by Gasteiger charge is 2.06. The van der Waals surface area contributed by atoms with Gasteiger partial charge in [-0.05, 0) is 47.5 Å². The molecule has 18 heavy (non-hydrogen) atoms. The van der Waals surface area contributed by atoms with Gasteiger partial charge in [0.25, 0.3) is 0 Å². The van der Waals surface area contributed by atoms with Gasteiger partial charge in [-0.1, -0.05) is 0 Å². The number of nitrogens with two attached hydrogens (primary N) is 1. The first kappa shape index (κ1) is 12.9. The van der Waals surface area contributed by atoms with E-state index in [1.807, 2.05) is 23.6 Å². The monoisotopic (exact) mass is 309 g/mol. The Labute approximate surface area is 115 Å². The van der Waals surface area contributed by atoms with Crippen LogP contribution >= 0.6 is 15.9 Å². The molecule has 0 spiro atoms. The molecule has 1 aromatic carbocycles. The molecule has 0 saturated carbocycles. The second kappa shape index (κ2) is 5.39. The Morgan fingerprint density at radius 2 is 2.22 bits per heavy atom. The lowest BCUT2D eigenvalue weighted by molar-refractivity contribution is 0.708. The molecule has 6 heteroatoms. The van der Waals surface area contributed by atoms with E-state index in [2.05, 4.69) is 38.4 Å². The lowest BCUT2D eigenvalue weighted by atomic mass is 10.2. The Morgan fingerprint density at radius 1 is 1.44 bits per heavy atom. The van der Waals surface area contributed by atoms with Gasteiger partial charge in [-0.2, -0.15) is 0 Å². The van der Waals surface area contributed by atoms with E-state index in [1.165, 1.54) is 0 Å². The molecule has 0 aliphatic carbocycles. The summed E-state index contributed by atoms with van der Waals surface area (Å²) in [6.45, 7) is 5.55. The molecule has 2 aromatic rings. The first-order valence-electron chi connectivity index (χ1n) is 5.78. The molecule has 0 atom stereocenters. The summed E-state index contributed by atoms with van der Waals surface area (Å²) in [6.07, 6.45) is 1.74. The summed E-state index contributed by atoms with van der Waals surface area (Å²) < 4.78 is 2.96. The molecule has 0 saturated heterocycles. The number of benzene rings is 1. The summed E-state index contributed by atoms with van der Waals surface area (Å²) in [7, 11) is 0. The summed E-state index contributed by atoms with van der Waals surface area (Å²) in [4.78, 5) is 0. The van der Waals surface area contributed by atoms with Crippen LogP contribution in [0.4, 0.5) is 11.4 Å². The smallest absolute Gasteiger partial charge is 0.152 e. The van der Waals surface area contributed by atoms with Crippen LogP contribution in [0.25, 0.3) is 0 Å². The topological polar surface area (TPSA) is 68.8 Å². The summed E-state index contributed by atoms with van der Waals surface area (Å²) >= 11 is 3.50. The molecule has 1 aromatic heterocycles. The molecular formula is C12H16BrN5. The number of aromatic nitrogens is 3. The van der Waals surface area contributed by atoms with Crippen molar-refractivity contribution in [1.29, 1.82) is 0 Å². The van der Waals surface area contributed by atoms with Crippen molar-refractivity contribution in [3.8, 4) is 0 Å². The third kappa shape index (κ3) is 2.64. The fraction of sp³-hybridized carbons (Fsp3) is 0.333. The van der Waals surface area contributed by atoms with Gasteiger partial charge in [0.05, 0.1) is 6.54 Å². The maximum atomic E-state index is 5.84. The molecule has 0 bridgehead atoms. The fourth-order valence-corrected chi connectivity index (χ4v) is 2.19. The number of nitrogens with zero attached hydrogens (tertiary/aromatic N) is 3. The Bertz CT molecular complexity index is 549. The van der Waals surface area contributed by atoms with Gasteiger partial charge in [-0.15, -0.1) is 10.2 Å². The first-order valence-corrected chi connectivity index (χ1v) is 6.57. The van der Waals surface area contributed by atoms with Crippen LogP contribution in [0, 0.1) is 6.92 Å². The zero-order valence-corrected chi connectivity index (χ0v) is 12.0. The van der Waals surface area contributed by atoms with Crippen molar-refractivity contribution in [2.24, 2.45) is 0 Å². The van der Waals surface area contributed by atoms with Crippen LogP contribution in [0.15, 0.2) is 22.9 Å². The molecule has 5 nitrogen and oxygen atoms in total. The van der Waals surface area contributed by atoms with Crippen molar-refractivity contribution in [3.63, 3.8) is 0 Å². The zero-order chi connectivity index (χ0) is 13.1. The quantitative estimate of drug-likeness (QED) is 0.852. The second-order valence-corrected chi connectivity index (χ2v) is 4.93. The first-order chi connectivity index (χ1) is 8.61. The highest BCUT2D eigenvalue weighted by molar-refractivity contribution is 9.10. The van der Waals surface area contributed by atoms with E-state index in [-0.39, 0.29) is 0 Å². The number of hydrogen-bond acceptors (Lipinski definition) is 4. The van der Waals surface area contributed by atoms with Crippen molar-refractivity contribution >= 4 is 27.3 Å². The zero-order valence-electron chi connectivity index (χ0n) is 10.4. The minimum Gasteiger partial charge on any atom is -0.398 e. The molecule has 0 unspecified atom stereocenters. The average Bonchev–Trinajstić information content (AvgIpc) is 2.79. The SMILES string of the molecule is CCn1cnnc1CNc1cc(C)c(N)cc1Br. The Kier molecular flexibility index (Phi) is 3.86. The van der Waals surface area contributed by atoms with Gasteiger partial charge in [0.1, 0.15) is 6.33 Å². The summed E-state index contributed by atoms with van der Waals surface area (Å²) in [5.41, 5.74) is 8.68. The van der Waals surface area contributed by atoms with Crippen LogP contribution in [0.5, 0.6) is 0 Å². The van der Waals surface area contributed by atoms with Crippen molar-refractivity contribution in [3.05, 3.63) is 34.3 Å².